The van der Waals surface area contributed by atoms with Crippen molar-refractivity contribution in [1.82, 2.24) is 5.32 Å². The number of para-hydroxylation sites is 1. The summed E-state index contributed by atoms with van der Waals surface area (Å²) in [5.41, 5.74) is 1.17. The van der Waals surface area contributed by atoms with E-state index in [9.17, 15) is 17.6 Å². The first-order chi connectivity index (χ1) is 10.3. The fourth-order valence-corrected chi connectivity index (χ4v) is 2.43. The maximum Gasteiger partial charge on any atom is 0.253 e. The topological polar surface area (TPSA) is 75.3 Å². The van der Waals surface area contributed by atoms with Crippen LogP contribution in [0.5, 0.6) is 0 Å². The highest BCUT2D eigenvalue weighted by Crippen LogP contribution is 2.16. The molecule has 0 saturated heterocycles. The first-order valence-electron chi connectivity index (χ1n) is 6.44. The minimum Gasteiger partial charge on any atom is -0.348 e. The molecule has 0 bridgehead atoms. The van der Waals surface area contributed by atoms with Gasteiger partial charge in [-0.25, -0.2) is 12.8 Å². The minimum atomic E-state index is -3.48. The van der Waals surface area contributed by atoms with Crippen LogP contribution in [0, 0.1) is 5.82 Å². The lowest BCUT2D eigenvalue weighted by Crippen LogP contribution is -2.24. The Morgan fingerprint density at radius 3 is 2.36 bits per heavy atom. The molecule has 0 saturated carbocycles. The average molecular weight is 322 g/mol. The summed E-state index contributed by atoms with van der Waals surface area (Å²) >= 11 is 0. The molecule has 0 spiro atoms. The lowest BCUT2D eigenvalue weighted by molar-refractivity contribution is 0.0952. The lowest BCUT2D eigenvalue weighted by Gasteiger charge is -2.11. The summed E-state index contributed by atoms with van der Waals surface area (Å²) in [7, 11) is -3.48. The van der Waals surface area contributed by atoms with Crippen LogP contribution in [0.25, 0.3) is 0 Å². The fraction of sp³-hybridized carbons (Fsp3) is 0.133. The number of hydrogen-bond donors (Lipinski definition) is 2. The summed E-state index contributed by atoms with van der Waals surface area (Å²) < 4.78 is 37.7. The number of sulfonamides is 1. The highest BCUT2D eigenvalue weighted by Gasteiger charge is 2.13. The van der Waals surface area contributed by atoms with Gasteiger partial charge in [0.1, 0.15) is 5.82 Å². The van der Waals surface area contributed by atoms with E-state index in [-0.39, 0.29) is 23.6 Å². The van der Waals surface area contributed by atoms with Crippen LogP contribution >= 0.6 is 0 Å². The van der Waals surface area contributed by atoms with Gasteiger partial charge in [-0.05, 0) is 29.8 Å². The molecular formula is C15H15FN2O3S. The van der Waals surface area contributed by atoms with Crippen molar-refractivity contribution in [3.8, 4) is 0 Å². The second kappa shape index (κ2) is 6.57. The number of carbonyl (C=O) groups is 1. The van der Waals surface area contributed by atoms with Gasteiger partial charge in [-0.2, -0.15) is 0 Å². The molecule has 0 fully saturated rings. The summed E-state index contributed by atoms with van der Waals surface area (Å²) in [5, 5.41) is 2.66. The summed E-state index contributed by atoms with van der Waals surface area (Å²) in [5.74, 6) is -0.770. The van der Waals surface area contributed by atoms with E-state index in [1.54, 1.807) is 24.3 Å². The molecule has 2 aromatic carbocycles. The van der Waals surface area contributed by atoms with E-state index in [2.05, 4.69) is 10.0 Å². The molecule has 0 atom stereocenters. The standard InChI is InChI=1S/C15H15FN2O3S/c1-22(20,21)18-14-5-3-2-4-13(14)15(19)17-10-11-6-8-12(16)9-7-11/h2-9,18H,10H2,1H3,(H,17,19). The van der Waals surface area contributed by atoms with Crippen molar-refractivity contribution >= 4 is 21.6 Å². The number of nitrogens with one attached hydrogen (secondary N) is 2. The van der Waals surface area contributed by atoms with E-state index in [0.29, 0.717) is 0 Å². The molecule has 22 heavy (non-hydrogen) atoms. The Labute approximate surface area is 128 Å². The van der Waals surface area contributed by atoms with E-state index < -0.39 is 15.9 Å². The van der Waals surface area contributed by atoms with E-state index in [1.165, 1.54) is 24.3 Å². The third-order valence-electron chi connectivity index (χ3n) is 2.83. The molecule has 2 rings (SSSR count). The molecule has 2 aromatic rings. The molecule has 1 amide bonds. The molecule has 0 aromatic heterocycles. The van der Waals surface area contributed by atoms with Crippen LogP contribution in [0.2, 0.25) is 0 Å². The number of hydrogen-bond acceptors (Lipinski definition) is 3. The molecular weight excluding hydrogens is 307 g/mol. The molecule has 0 aliphatic carbocycles. The van der Waals surface area contributed by atoms with Crippen LogP contribution < -0.4 is 10.0 Å². The Morgan fingerprint density at radius 1 is 1.09 bits per heavy atom. The Kier molecular flexibility index (Phi) is 4.77. The van der Waals surface area contributed by atoms with Gasteiger partial charge in [-0.1, -0.05) is 24.3 Å². The second-order valence-corrected chi connectivity index (χ2v) is 6.48. The second-order valence-electron chi connectivity index (χ2n) is 4.73. The van der Waals surface area contributed by atoms with Gasteiger partial charge in [-0.3, -0.25) is 9.52 Å². The van der Waals surface area contributed by atoms with Crippen molar-refractivity contribution in [2.45, 2.75) is 6.54 Å². The zero-order chi connectivity index (χ0) is 16.2. The van der Waals surface area contributed by atoms with Gasteiger partial charge < -0.3 is 5.32 Å². The van der Waals surface area contributed by atoms with Gasteiger partial charge in [0.2, 0.25) is 10.0 Å². The van der Waals surface area contributed by atoms with Gasteiger partial charge in [-0.15, -0.1) is 0 Å². The Hall–Kier alpha value is -2.41. The minimum absolute atomic E-state index is 0.210. The summed E-state index contributed by atoms with van der Waals surface area (Å²) in [6.07, 6.45) is 1.01. The Bertz CT molecular complexity index is 774. The zero-order valence-corrected chi connectivity index (χ0v) is 12.7. The molecule has 0 heterocycles. The molecule has 0 aliphatic rings. The van der Waals surface area contributed by atoms with E-state index in [1.807, 2.05) is 0 Å². The van der Waals surface area contributed by atoms with Gasteiger partial charge in [0.15, 0.2) is 0 Å². The molecule has 0 unspecified atom stereocenters. The van der Waals surface area contributed by atoms with Gasteiger partial charge in [0.05, 0.1) is 17.5 Å². The van der Waals surface area contributed by atoms with Crippen molar-refractivity contribution in [2.24, 2.45) is 0 Å². The third kappa shape index (κ3) is 4.56. The molecule has 116 valence electrons. The van der Waals surface area contributed by atoms with Crippen molar-refractivity contribution in [3.05, 3.63) is 65.5 Å². The predicted octanol–water partition coefficient (Wildman–Crippen LogP) is 2.13. The zero-order valence-electron chi connectivity index (χ0n) is 11.8. The number of carbonyl (C=O) groups excluding carboxylic acids is 1. The number of anilines is 1. The van der Waals surface area contributed by atoms with Crippen LogP contribution in [0.4, 0.5) is 10.1 Å². The van der Waals surface area contributed by atoms with Crippen molar-refractivity contribution in [3.63, 3.8) is 0 Å². The van der Waals surface area contributed by atoms with Crippen LogP contribution in [-0.4, -0.2) is 20.6 Å². The molecule has 7 heteroatoms. The summed E-state index contributed by atoms with van der Waals surface area (Å²) in [6.45, 7) is 0.215. The van der Waals surface area contributed by atoms with Crippen LogP contribution in [-0.2, 0) is 16.6 Å². The molecule has 0 aliphatic heterocycles. The predicted molar refractivity (Wildman–Crippen MR) is 82.5 cm³/mol. The maximum atomic E-state index is 12.8. The summed E-state index contributed by atoms with van der Waals surface area (Å²) in [4.78, 5) is 12.2. The van der Waals surface area contributed by atoms with Crippen LogP contribution in [0.1, 0.15) is 15.9 Å². The van der Waals surface area contributed by atoms with Gasteiger partial charge >= 0.3 is 0 Å². The monoisotopic (exact) mass is 322 g/mol. The fourth-order valence-electron chi connectivity index (χ4n) is 1.85. The average Bonchev–Trinajstić information content (AvgIpc) is 2.45. The lowest BCUT2D eigenvalue weighted by atomic mass is 10.1. The number of amides is 1. The van der Waals surface area contributed by atoms with Crippen molar-refractivity contribution in [1.29, 1.82) is 0 Å². The van der Waals surface area contributed by atoms with Crippen molar-refractivity contribution < 1.29 is 17.6 Å². The van der Waals surface area contributed by atoms with E-state index >= 15 is 0 Å². The highest BCUT2D eigenvalue weighted by atomic mass is 32.2. The first kappa shape index (κ1) is 16.0. The SMILES string of the molecule is CS(=O)(=O)Nc1ccccc1C(=O)NCc1ccc(F)cc1. The first-order valence-corrected chi connectivity index (χ1v) is 8.34. The normalized spacial score (nSPS) is 11.0. The third-order valence-corrected chi connectivity index (χ3v) is 3.42. The summed E-state index contributed by atoms with van der Waals surface area (Å²) in [6, 6.07) is 12.0. The smallest absolute Gasteiger partial charge is 0.253 e. The Morgan fingerprint density at radius 2 is 1.73 bits per heavy atom. The molecule has 0 radical (unpaired) electrons. The van der Waals surface area contributed by atoms with Gasteiger partial charge in [0, 0.05) is 6.54 Å². The van der Waals surface area contributed by atoms with Crippen LogP contribution in [0.3, 0.4) is 0 Å². The van der Waals surface area contributed by atoms with E-state index in [0.717, 1.165) is 11.8 Å². The largest absolute Gasteiger partial charge is 0.348 e. The number of halogens is 1. The van der Waals surface area contributed by atoms with Gasteiger partial charge in [0.25, 0.3) is 5.91 Å². The maximum absolute atomic E-state index is 12.8. The highest BCUT2D eigenvalue weighted by molar-refractivity contribution is 7.92. The van der Waals surface area contributed by atoms with Crippen molar-refractivity contribution in [2.75, 3.05) is 11.0 Å². The number of rotatable bonds is 5. The van der Waals surface area contributed by atoms with E-state index in [4.69, 9.17) is 0 Å². The van der Waals surface area contributed by atoms with Crippen LogP contribution in [0.15, 0.2) is 48.5 Å². The molecule has 5 nitrogen and oxygen atoms in total. The Balaban J connectivity index is 2.11. The number of benzene rings is 2. The quantitative estimate of drug-likeness (QED) is 0.885. The molecule has 2 N–H and O–H groups in total.